The zero-order chi connectivity index (χ0) is 21.3. The minimum Gasteiger partial charge on any atom is -0.337 e. The number of aromatic nitrogens is 2. The van der Waals surface area contributed by atoms with Gasteiger partial charge in [0.1, 0.15) is 0 Å². The van der Waals surface area contributed by atoms with Crippen LogP contribution in [0.25, 0.3) is 11.0 Å². The van der Waals surface area contributed by atoms with E-state index in [-0.39, 0.29) is 10.5 Å². The molecule has 30 heavy (non-hydrogen) atoms. The van der Waals surface area contributed by atoms with Gasteiger partial charge in [-0.15, -0.1) is 0 Å². The van der Waals surface area contributed by atoms with Crippen molar-refractivity contribution in [1.82, 2.24) is 14.3 Å². The van der Waals surface area contributed by atoms with Crippen molar-refractivity contribution in [3.8, 4) is 0 Å². The molecule has 1 saturated heterocycles. The standard InChI is InChI=1S/C20H20F2N4O3S/c21-18(22)19-24-16-9-4-13(12-17(16)25-19)20(27)23-14-5-7-15(8-6-14)30(28,29)26-10-2-1-3-11-26/h4-9,12,18H,1-3,10-11H2,(H,23,27)(H,24,25). The van der Waals surface area contributed by atoms with Crippen molar-refractivity contribution in [2.24, 2.45) is 0 Å². The second-order valence-electron chi connectivity index (χ2n) is 7.10. The topological polar surface area (TPSA) is 95.2 Å². The summed E-state index contributed by atoms with van der Waals surface area (Å²) in [6.07, 6.45) is 0.0132. The number of aromatic amines is 1. The summed E-state index contributed by atoms with van der Waals surface area (Å²) in [7, 11) is -3.54. The largest absolute Gasteiger partial charge is 0.337 e. The van der Waals surface area contributed by atoms with Crippen molar-refractivity contribution in [2.75, 3.05) is 18.4 Å². The number of fused-ring (bicyclic) bond motifs is 1. The fraction of sp³-hybridized carbons (Fsp3) is 0.300. The second kappa shape index (κ2) is 8.11. The van der Waals surface area contributed by atoms with Crippen LogP contribution in [0.15, 0.2) is 47.4 Å². The van der Waals surface area contributed by atoms with Crippen LogP contribution >= 0.6 is 0 Å². The van der Waals surface area contributed by atoms with E-state index in [4.69, 9.17) is 0 Å². The highest BCUT2D eigenvalue weighted by Gasteiger charge is 2.25. The van der Waals surface area contributed by atoms with Crippen molar-refractivity contribution in [1.29, 1.82) is 0 Å². The molecule has 1 fully saturated rings. The fourth-order valence-corrected chi connectivity index (χ4v) is 4.96. The van der Waals surface area contributed by atoms with Gasteiger partial charge in [0.25, 0.3) is 12.3 Å². The normalized spacial score (nSPS) is 15.6. The van der Waals surface area contributed by atoms with Crippen molar-refractivity contribution in [3.05, 3.63) is 53.9 Å². The van der Waals surface area contributed by atoms with Gasteiger partial charge in [-0.3, -0.25) is 4.79 Å². The van der Waals surface area contributed by atoms with Gasteiger partial charge in [0.2, 0.25) is 10.0 Å². The molecule has 1 amide bonds. The van der Waals surface area contributed by atoms with Gasteiger partial charge in [-0.2, -0.15) is 4.31 Å². The van der Waals surface area contributed by atoms with E-state index in [1.54, 1.807) is 0 Å². The Hall–Kier alpha value is -2.85. The molecule has 158 valence electrons. The Kier molecular flexibility index (Phi) is 5.52. The molecule has 0 unspecified atom stereocenters. The molecule has 10 heteroatoms. The predicted molar refractivity (Wildman–Crippen MR) is 108 cm³/mol. The van der Waals surface area contributed by atoms with Crippen LogP contribution in [0.4, 0.5) is 14.5 Å². The summed E-state index contributed by atoms with van der Waals surface area (Å²) in [5, 5.41) is 2.68. The van der Waals surface area contributed by atoms with Gasteiger partial charge in [-0.25, -0.2) is 22.2 Å². The Morgan fingerprint density at radius 2 is 1.77 bits per heavy atom. The molecular formula is C20H20F2N4O3S. The fourth-order valence-electron chi connectivity index (χ4n) is 3.44. The number of carbonyl (C=O) groups excluding carboxylic acids is 1. The number of amides is 1. The van der Waals surface area contributed by atoms with Gasteiger partial charge in [0.05, 0.1) is 15.9 Å². The first kappa shape index (κ1) is 20.4. The molecule has 0 bridgehead atoms. The van der Waals surface area contributed by atoms with Gasteiger partial charge >= 0.3 is 0 Å². The van der Waals surface area contributed by atoms with E-state index in [2.05, 4.69) is 15.3 Å². The lowest BCUT2D eigenvalue weighted by atomic mass is 10.2. The molecule has 0 aliphatic carbocycles. The SMILES string of the molecule is O=C(Nc1ccc(S(=O)(=O)N2CCCCC2)cc1)c1ccc2nc(C(F)F)[nH]c2c1. The number of piperidine rings is 1. The lowest BCUT2D eigenvalue weighted by Gasteiger charge is -2.25. The van der Waals surface area contributed by atoms with Crippen molar-refractivity contribution in [2.45, 2.75) is 30.6 Å². The van der Waals surface area contributed by atoms with Crippen LogP contribution in [0.5, 0.6) is 0 Å². The lowest BCUT2D eigenvalue weighted by Crippen LogP contribution is -2.35. The minimum atomic E-state index is -3.54. The Balaban J connectivity index is 1.49. The first-order chi connectivity index (χ1) is 14.3. The molecule has 4 rings (SSSR count). The number of alkyl halides is 2. The number of nitrogens with zero attached hydrogens (tertiary/aromatic N) is 2. The molecule has 0 atom stereocenters. The number of hydrogen-bond acceptors (Lipinski definition) is 4. The molecule has 3 aromatic rings. The highest BCUT2D eigenvalue weighted by molar-refractivity contribution is 7.89. The molecule has 0 saturated carbocycles. The Bertz CT molecular complexity index is 1170. The Morgan fingerprint density at radius 3 is 2.43 bits per heavy atom. The summed E-state index contributed by atoms with van der Waals surface area (Å²) in [6.45, 7) is 1.04. The first-order valence-corrected chi connectivity index (χ1v) is 11.0. The minimum absolute atomic E-state index is 0.181. The van der Waals surface area contributed by atoms with Crippen molar-refractivity contribution < 1.29 is 22.0 Å². The van der Waals surface area contributed by atoms with Gasteiger partial charge in [0.15, 0.2) is 5.82 Å². The molecule has 0 spiro atoms. The van der Waals surface area contributed by atoms with E-state index in [9.17, 15) is 22.0 Å². The van der Waals surface area contributed by atoms with Gasteiger partial charge in [-0.05, 0) is 55.3 Å². The van der Waals surface area contributed by atoms with Crippen LogP contribution in [0, 0.1) is 0 Å². The van der Waals surface area contributed by atoms with E-state index in [1.807, 2.05) is 0 Å². The van der Waals surface area contributed by atoms with E-state index in [0.29, 0.717) is 29.8 Å². The van der Waals surface area contributed by atoms with Crippen LogP contribution < -0.4 is 5.32 Å². The van der Waals surface area contributed by atoms with Crippen molar-refractivity contribution in [3.63, 3.8) is 0 Å². The molecule has 1 aromatic heterocycles. The second-order valence-corrected chi connectivity index (χ2v) is 9.04. The Morgan fingerprint density at radius 1 is 1.07 bits per heavy atom. The van der Waals surface area contributed by atoms with E-state index < -0.39 is 28.2 Å². The third-order valence-electron chi connectivity index (χ3n) is 5.03. The van der Waals surface area contributed by atoms with Crippen LogP contribution in [-0.4, -0.2) is 41.7 Å². The van der Waals surface area contributed by atoms with Crippen molar-refractivity contribution >= 4 is 32.7 Å². The lowest BCUT2D eigenvalue weighted by molar-refractivity contribution is 0.102. The first-order valence-electron chi connectivity index (χ1n) is 9.54. The molecule has 1 aliphatic heterocycles. The molecule has 1 aliphatic rings. The van der Waals surface area contributed by atoms with Crippen LogP contribution in [0.2, 0.25) is 0 Å². The molecule has 2 aromatic carbocycles. The highest BCUT2D eigenvalue weighted by Crippen LogP contribution is 2.23. The zero-order valence-corrected chi connectivity index (χ0v) is 16.8. The van der Waals surface area contributed by atoms with Crippen LogP contribution in [0.3, 0.4) is 0 Å². The molecule has 0 radical (unpaired) electrons. The maximum Gasteiger partial charge on any atom is 0.295 e. The number of hydrogen-bond donors (Lipinski definition) is 2. The van der Waals surface area contributed by atoms with E-state index >= 15 is 0 Å². The maximum absolute atomic E-state index is 12.8. The third-order valence-corrected chi connectivity index (χ3v) is 6.95. The predicted octanol–water partition coefficient (Wildman–Crippen LogP) is 3.93. The number of nitrogens with one attached hydrogen (secondary N) is 2. The number of carbonyl (C=O) groups is 1. The number of sulfonamides is 1. The summed E-state index contributed by atoms with van der Waals surface area (Å²) >= 11 is 0. The van der Waals surface area contributed by atoms with Crippen LogP contribution in [-0.2, 0) is 10.0 Å². The van der Waals surface area contributed by atoms with Gasteiger partial charge < -0.3 is 10.3 Å². The molecular weight excluding hydrogens is 414 g/mol. The zero-order valence-electron chi connectivity index (χ0n) is 15.9. The number of rotatable bonds is 5. The average molecular weight is 434 g/mol. The number of H-pyrrole nitrogens is 1. The number of halogens is 2. The summed E-state index contributed by atoms with van der Waals surface area (Å²) in [6, 6.07) is 10.4. The Labute approximate surface area is 172 Å². The molecule has 2 heterocycles. The number of anilines is 1. The highest BCUT2D eigenvalue weighted by atomic mass is 32.2. The quantitative estimate of drug-likeness (QED) is 0.636. The summed E-state index contributed by atoms with van der Waals surface area (Å²) in [5.74, 6) is -0.898. The average Bonchev–Trinajstić information content (AvgIpc) is 3.18. The van der Waals surface area contributed by atoms with Gasteiger partial charge in [0, 0.05) is 24.3 Å². The summed E-state index contributed by atoms with van der Waals surface area (Å²) in [4.78, 5) is 19.0. The van der Waals surface area contributed by atoms with Gasteiger partial charge in [-0.1, -0.05) is 6.42 Å². The molecule has 7 nitrogen and oxygen atoms in total. The summed E-state index contributed by atoms with van der Waals surface area (Å²) < 4.78 is 52.4. The summed E-state index contributed by atoms with van der Waals surface area (Å²) in [5.41, 5.74) is 1.36. The monoisotopic (exact) mass is 434 g/mol. The maximum atomic E-state index is 12.8. The number of benzene rings is 2. The third kappa shape index (κ3) is 4.05. The smallest absolute Gasteiger partial charge is 0.295 e. The molecule has 2 N–H and O–H groups in total. The van der Waals surface area contributed by atoms with E-state index in [1.165, 1.54) is 46.8 Å². The number of imidazole rings is 1. The van der Waals surface area contributed by atoms with Crippen LogP contribution in [0.1, 0.15) is 41.9 Å². The van der Waals surface area contributed by atoms with E-state index in [0.717, 1.165) is 19.3 Å².